The highest BCUT2D eigenvalue weighted by Crippen LogP contribution is 2.37. The Labute approximate surface area is 151 Å². The van der Waals surface area contributed by atoms with Crippen LogP contribution in [-0.2, 0) is 12.8 Å². The first-order valence-electron chi connectivity index (χ1n) is 7.72. The molecule has 140 valence electrons. The summed E-state index contributed by atoms with van der Waals surface area (Å²) in [5.74, 6) is -1.78. The zero-order valence-electron chi connectivity index (χ0n) is 13.7. The van der Waals surface area contributed by atoms with Crippen molar-refractivity contribution in [3.63, 3.8) is 0 Å². The predicted molar refractivity (Wildman–Crippen MR) is 88.6 cm³/mol. The minimum atomic E-state index is -4.81. The first-order chi connectivity index (χ1) is 12.8. The van der Waals surface area contributed by atoms with Gasteiger partial charge in [0.15, 0.2) is 0 Å². The molecule has 0 saturated heterocycles. The molecule has 5 nitrogen and oxygen atoms in total. The van der Waals surface area contributed by atoms with Gasteiger partial charge in [-0.15, -0.1) is 0 Å². The number of carboxylic acid groups (broad SMARTS) is 1. The maximum absolute atomic E-state index is 13.1. The van der Waals surface area contributed by atoms with Gasteiger partial charge in [0.25, 0.3) is 5.95 Å². The highest BCUT2D eigenvalue weighted by molar-refractivity contribution is 5.64. The maximum atomic E-state index is 13.1. The first kappa shape index (κ1) is 18.4. The summed E-state index contributed by atoms with van der Waals surface area (Å²) in [7, 11) is 0. The topological polar surface area (TPSA) is 68.9 Å². The van der Waals surface area contributed by atoms with E-state index in [-0.39, 0.29) is 5.56 Å². The van der Waals surface area contributed by atoms with E-state index in [1.807, 2.05) is 36.4 Å². The molecule has 1 heterocycles. The quantitative estimate of drug-likeness (QED) is 0.585. The van der Waals surface area contributed by atoms with E-state index in [1.165, 1.54) is 0 Å². The lowest BCUT2D eigenvalue weighted by molar-refractivity contribution is -0.154. The molecule has 3 rings (SSSR count). The molecule has 27 heavy (non-hydrogen) atoms. The monoisotopic (exact) mass is 378 g/mol. The molecule has 1 aromatic heterocycles. The summed E-state index contributed by atoms with van der Waals surface area (Å²) >= 11 is 0. The Morgan fingerprint density at radius 2 is 1.70 bits per heavy atom. The summed E-state index contributed by atoms with van der Waals surface area (Å²) in [5.41, 5.74) is 1.40. The maximum Gasteiger partial charge on any atom is 0.513 e. The van der Waals surface area contributed by atoms with Crippen LogP contribution < -0.4 is 9.47 Å². The second kappa shape index (κ2) is 7.45. The molecule has 0 aliphatic heterocycles. The van der Waals surface area contributed by atoms with E-state index in [1.54, 1.807) is 18.2 Å². The van der Waals surface area contributed by atoms with Crippen LogP contribution in [0.3, 0.4) is 0 Å². The molecule has 0 saturated carbocycles. The van der Waals surface area contributed by atoms with Crippen molar-refractivity contribution in [1.82, 2.24) is 0 Å². The number of benzene rings is 2. The van der Waals surface area contributed by atoms with Crippen molar-refractivity contribution in [2.24, 2.45) is 0 Å². The normalized spacial score (nSPS) is 11.2. The minimum absolute atomic E-state index is 0.353. The largest absolute Gasteiger partial charge is 0.513 e. The lowest BCUT2D eigenvalue weighted by Crippen LogP contribution is -2.08. The van der Waals surface area contributed by atoms with Crippen LogP contribution in [0, 0.1) is 0 Å². The van der Waals surface area contributed by atoms with Crippen LogP contribution in [0.25, 0.3) is 11.1 Å². The fourth-order valence-electron chi connectivity index (χ4n) is 2.44. The number of hydrogen-bond donors (Lipinski definition) is 1. The number of alkyl halides is 3. The predicted octanol–water partition coefficient (Wildman–Crippen LogP) is 5.60. The highest BCUT2D eigenvalue weighted by Gasteiger charge is 2.39. The first-order valence-corrected chi connectivity index (χ1v) is 7.72. The lowest BCUT2D eigenvalue weighted by Gasteiger charge is -2.09. The second-order valence-electron chi connectivity index (χ2n) is 5.47. The van der Waals surface area contributed by atoms with Crippen LogP contribution in [0.1, 0.15) is 11.3 Å². The molecule has 0 amide bonds. The van der Waals surface area contributed by atoms with Gasteiger partial charge in [0.05, 0.1) is 0 Å². The molecule has 8 heteroatoms. The van der Waals surface area contributed by atoms with Crippen molar-refractivity contribution in [2.75, 3.05) is 0 Å². The van der Waals surface area contributed by atoms with Gasteiger partial charge >= 0.3 is 12.3 Å². The molecule has 0 aliphatic carbocycles. The van der Waals surface area contributed by atoms with E-state index in [0.717, 1.165) is 17.2 Å². The van der Waals surface area contributed by atoms with Gasteiger partial charge in [0.1, 0.15) is 12.4 Å². The van der Waals surface area contributed by atoms with Crippen molar-refractivity contribution in [1.29, 1.82) is 0 Å². The molecule has 0 bridgehead atoms. The number of carbonyl (C=O) groups is 1. The zero-order chi connectivity index (χ0) is 19.4. The fraction of sp³-hybridized carbons (Fsp3) is 0.105. The summed E-state index contributed by atoms with van der Waals surface area (Å²) in [4.78, 5) is 10.5. The van der Waals surface area contributed by atoms with Crippen molar-refractivity contribution >= 4 is 6.16 Å². The third kappa shape index (κ3) is 4.60. The van der Waals surface area contributed by atoms with E-state index in [9.17, 15) is 18.0 Å². The third-order valence-electron chi connectivity index (χ3n) is 3.57. The number of hydrogen-bond acceptors (Lipinski definition) is 4. The number of ether oxygens (including phenoxy) is 2. The van der Waals surface area contributed by atoms with Gasteiger partial charge in [-0.05, 0) is 23.3 Å². The van der Waals surface area contributed by atoms with Gasteiger partial charge in [0, 0.05) is 11.6 Å². The van der Waals surface area contributed by atoms with Crippen LogP contribution in [0.4, 0.5) is 18.0 Å². The molecule has 0 atom stereocenters. The summed E-state index contributed by atoms with van der Waals surface area (Å²) in [6, 6.07) is 17.1. The summed E-state index contributed by atoms with van der Waals surface area (Å²) in [5, 5.41) is 8.52. The Hall–Kier alpha value is -3.42. The number of furan rings is 1. The Morgan fingerprint density at radius 3 is 2.37 bits per heavy atom. The molecule has 0 radical (unpaired) electrons. The van der Waals surface area contributed by atoms with E-state index in [4.69, 9.17) is 9.84 Å². The Bertz CT molecular complexity index is 932. The SMILES string of the molecule is O=C(O)Oc1cc(COc2cccc(-c3ccccc3)c2)c(C(F)(F)F)o1. The highest BCUT2D eigenvalue weighted by atomic mass is 19.4. The van der Waals surface area contributed by atoms with E-state index in [2.05, 4.69) is 9.15 Å². The fourth-order valence-corrected chi connectivity index (χ4v) is 2.44. The summed E-state index contributed by atoms with van der Waals surface area (Å²) in [6.45, 7) is -0.473. The van der Waals surface area contributed by atoms with Crippen LogP contribution >= 0.6 is 0 Å². The number of rotatable bonds is 5. The Balaban J connectivity index is 1.80. The van der Waals surface area contributed by atoms with Crippen molar-refractivity contribution in [3.8, 4) is 22.8 Å². The molecule has 2 aromatic carbocycles. The van der Waals surface area contributed by atoms with Crippen molar-refractivity contribution in [3.05, 3.63) is 72.0 Å². The van der Waals surface area contributed by atoms with Crippen molar-refractivity contribution < 1.29 is 37.0 Å². The molecule has 0 fully saturated rings. The second-order valence-corrected chi connectivity index (χ2v) is 5.47. The van der Waals surface area contributed by atoms with Crippen LogP contribution in [0.15, 0.2) is 65.1 Å². The van der Waals surface area contributed by atoms with Gasteiger partial charge in [-0.3, -0.25) is 0 Å². The van der Waals surface area contributed by atoms with E-state index >= 15 is 0 Å². The zero-order valence-corrected chi connectivity index (χ0v) is 13.7. The minimum Gasteiger partial charge on any atom is -0.489 e. The van der Waals surface area contributed by atoms with Gasteiger partial charge in [-0.1, -0.05) is 42.5 Å². The van der Waals surface area contributed by atoms with Crippen molar-refractivity contribution in [2.45, 2.75) is 12.8 Å². The van der Waals surface area contributed by atoms with Gasteiger partial charge in [0.2, 0.25) is 5.76 Å². The molecule has 0 spiro atoms. The average Bonchev–Trinajstić information content (AvgIpc) is 3.03. The van der Waals surface area contributed by atoms with E-state index < -0.39 is 30.6 Å². The molecular formula is C19H13F3O5. The Kier molecular flexibility index (Phi) is 5.07. The number of halogens is 3. The van der Waals surface area contributed by atoms with Gasteiger partial charge in [-0.25, -0.2) is 4.79 Å². The lowest BCUT2D eigenvalue weighted by atomic mass is 10.1. The summed E-state index contributed by atoms with van der Waals surface area (Å²) in [6.07, 6.45) is -6.59. The van der Waals surface area contributed by atoms with Gasteiger partial charge in [-0.2, -0.15) is 13.2 Å². The smallest absolute Gasteiger partial charge is 0.489 e. The molecule has 3 aromatic rings. The third-order valence-corrected chi connectivity index (χ3v) is 3.57. The van der Waals surface area contributed by atoms with Crippen LogP contribution in [-0.4, -0.2) is 11.3 Å². The molecule has 1 N–H and O–H groups in total. The average molecular weight is 378 g/mol. The standard InChI is InChI=1S/C19H13F3O5/c20-19(21,22)17-14(10-16(26-17)27-18(23)24)11-25-15-8-4-7-13(9-15)12-5-2-1-3-6-12/h1-10H,11H2,(H,23,24). The molecule has 0 aliphatic rings. The Morgan fingerprint density at radius 1 is 1.00 bits per heavy atom. The summed E-state index contributed by atoms with van der Waals surface area (Å²) < 4.78 is 53.2. The van der Waals surface area contributed by atoms with Gasteiger partial charge < -0.3 is 19.0 Å². The van der Waals surface area contributed by atoms with Crippen LogP contribution in [0.5, 0.6) is 11.7 Å². The van der Waals surface area contributed by atoms with E-state index in [0.29, 0.717) is 5.75 Å². The van der Waals surface area contributed by atoms with Crippen LogP contribution in [0.2, 0.25) is 0 Å². The molecule has 0 unspecified atom stereocenters. The molecular weight excluding hydrogens is 365 g/mol.